The minimum absolute atomic E-state index is 0.0666. The summed E-state index contributed by atoms with van der Waals surface area (Å²) >= 11 is 0. The zero-order valence-corrected chi connectivity index (χ0v) is 13.6. The summed E-state index contributed by atoms with van der Waals surface area (Å²) < 4.78 is 29.6. The molecule has 0 aliphatic heterocycles. The Morgan fingerprint density at radius 2 is 1.92 bits per heavy atom. The van der Waals surface area contributed by atoms with E-state index >= 15 is 0 Å². The smallest absolute Gasteiger partial charge is 0.294 e. The van der Waals surface area contributed by atoms with Crippen LogP contribution in [0.1, 0.15) is 11.3 Å². The molecule has 0 saturated carbocycles. The summed E-state index contributed by atoms with van der Waals surface area (Å²) in [6, 6.07) is 11.4. The Bertz CT molecular complexity index is 790. The quantitative estimate of drug-likeness (QED) is 0.278. The van der Waals surface area contributed by atoms with Gasteiger partial charge in [0.2, 0.25) is 5.96 Å². The number of pyridine rings is 1. The molecular formula is C14H17N5O4S. The predicted molar refractivity (Wildman–Crippen MR) is 89.4 cm³/mol. The highest BCUT2D eigenvalue weighted by molar-refractivity contribution is 7.85. The Balaban J connectivity index is 0.000000243. The van der Waals surface area contributed by atoms with Crippen molar-refractivity contribution in [2.45, 2.75) is 11.8 Å². The van der Waals surface area contributed by atoms with E-state index in [0.29, 0.717) is 5.69 Å². The highest BCUT2D eigenvalue weighted by Gasteiger charge is 2.06. The monoisotopic (exact) mass is 351 g/mol. The number of aryl methyl sites for hydroxylation is 1. The van der Waals surface area contributed by atoms with Crippen molar-refractivity contribution < 1.29 is 18.2 Å². The molecule has 0 saturated heterocycles. The minimum Gasteiger partial charge on any atom is -0.367 e. The number of nitrogens with two attached hydrogens (primary N) is 1. The van der Waals surface area contributed by atoms with Gasteiger partial charge in [0.05, 0.1) is 16.8 Å². The van der Waals surface area contributed by atoms with Crippen LogP contribution in [0.2, 0.25) is 0 Å². The molecule has 0 spiro atoms. The molecule has 0 aliphatic rings. The van der Waals surface area contributed by atoms with Crippen LogP contribution in [0.4, 0.5) is 0 Å². The molecule has 128 valence electrons. The third-order valence-corrected chi connectivity index (χ3v) is 3.34. The Morgan fingerprint density at radius 1 is 1.25 bits per heavy atom. The summed E-state index contributed by atoms with van der Waals surface area (Å²) in [7, 11) is -4.02. The van der Waals surface area contributed by atoms with Crippen molar-refractivity contribution in [1.82, 2.24) is 10.5 Å². The molecule has 0 amide bonds. The van der Waals surface area contributed by atoms with E-state index in [0.717, 1.165) is 5.56 Å². The highest BCUT2D eigenvalue weighted by atomic mass is 32.2. The van der Waals surface area contributed by atoms with Crippen molar-refractivity contribution in [2.24, 2.45) is 15.9 Å². The topological polar surface area (TPSA) is 150 Å². The first-order valence-electron chi connectivity index (χ1n) is 6.54. The standard InChI is InChI=1S/C7H9N5O.C7H8O3S/c8-7(12-13)11-10-5-6-3-1-2-4-9-6;1-6-2-4-7(5-3-6)11(8,9)10/h1-5,13H,(H3,8,11,12);2-5H,1H3,(H,8,9,10). The summed E-state index contributed by atoms with van der Waals surface area (Å²) in [6.45, 7) is 1.84. The summed E-state index contributed by atoms with van der Waals surface area (Å²) in [6.07, 6.45) is 3.06. The van der Waals surface area contributed by atoms with E-state index in [4.69, 9.17) is 15.5 Å². The number of nitrogens with one attached hydrogen (secondary N) is 1. The fourth-order valence-electron chi connectivity index (χ4n) is 1.34. The number of hydrogen-bond acceptors (Lipinski definition) is 6. The second-order valence-corrected chi connectivity index (χ2v) is 5.81. The summed E-state index contributed by atoms with van der Waals surface area (Å²) in [5, 5.41) is 15.2. The van der Waals surface area contributed by atoms with Gasteiger partial charge in [0.25, 0.3) is 10.1 Å². The van der Waals surface area contributed by atoms with Crippen LogP contribution in [0.15, 0.2) is 63.8 Å². The maximum Gasteiger partial charge on any atom is 0.294 e. The van der Waals surface area contributed by atoms with Gasteiger partial charge in [0, 0.05) is 6.20 Å². The molecule has 0 unspecified atom stereocenters. The predicted octanol–water partition coefficient (Wildman–Crippen LogP) is 0.951. The molecule has 0 aliphatic carbocycles. The van der Waals surface area contributed by atoms with Crippen LogP contribution in [0.3, 0.4) is 0 Å². The Hall–Kier alpha value is -2.82. The van der Waals surface area contributed by atoms with Crippen molar-refractivity contribution in [3.8, 4) is 0 Å². The molecule has 9 nitrogen and oxygen atoms in total. The van der Waals surface area contributed by atoms with Gasteiger partial charge in [-0.05, 0) is 31.2 Å². The van der Waals surface area contributed by atoms with Crippen molar-refractivity contribution in [3.05, 3.63) is 59.9 Å². The average Bonchev–Trinajstić information content (AvgIpc) is 2.56. The van der Waals surface area contributed by atoms with Crippen LogP contribution < -0.4 is 11.2 Å². The fraction of sp³-hybridized carbons (Fsp3) is 0.0714. The fourth-order valence-corrected chi connectivity index (χ4v) is 1.82. The molecule has 0 bridgehead atoms. The summed E-state index contributed by atoms with van der Waals surface area (Å²) in [4.78, 5) is 3.89. The van der Waals surface area contributed by atoms with Crippen molar-refractivity contribution in [3.63, 3.8) is 0 Å². The number of hydroxylamine groups is 1. The Kier molecular flexibility index (Phi) is 7.49. The SMILES string of the molecule is Cc1ccc(S(=O)(=O)O)cc1.NC(=NN=Cc1ccccn1)NO. The van der Waals surface area contributed by atoms with Gasteiger partial charge in [-0.25, -0.2) is 5.48 Å². The molecule has 10 heteroatoms. The molecule has 1 heterocycles. The van der Waals surface area contributed by atoms with E-state index in [9.17, 15) is 8.42 Å². The van der Waals surface area contributed by atoms with E-state index in [1.807, 2.05) is 13.0 Å². The third-order valence-electron chi connectivity index (χ3n) is 2.48. The Morgan fingerprint density at radius 3 is 2.42 bits per heavy atom. The van der Waals surface area contributed by atoms with Crippen molar-refractivity contribution >= 4 is 22.3 Å². The van der Waals surface area contributed by atoms with Crippen molar-refractivity contribution in [1.29, 1.82) is 0 Å². The maximum atomic E-state index is 10.5. The lowest BCUT2D eigenvalue weighted by molar-refractivity contribution is 0.232. The molecular weight excluding hydrogens is 334 g/mol. The lowest BCUT2D eigenvalue weighted by Gasteiger charge is -1.95. The van der Waals surface area contributed by atoms with E-state index in [2.05, 4.69) is 15.2 Å². The van der Waals surface area contributed by atoms with Gasteiger partial charge in [0.1, 0.15) is 0 Å². The molecule has 1 aromatic carbocycles. The van der Waals surface area contributed by atoms with E-state index in [-0.39, 0.29) is 10.9 Å². The normalized spacial score (nSPS) is 11.7. The molecule has 0 atom stereocenters. The van der Waals surface area contributed by atoms with E-state index in [1.165, 1.54) is 18.3 Å². The van der Waals surface area contributed by atoms with Crippen LogP contribution in [-0.2, 0) is 10.1 Å². The molecule has 24 heavy (non-hydrogen) atoms. The largest absolute Gasteiger partial charge is 0.367 e. The number of benzene rings is 1. The number of guanidine groups is 1. The lowest BCUT2D eigenvalue weighted by atomic mass is 10.2. The van der Waals surface area contributed by atoms with E-state index in [1.54, 1.807) is 35.9 Å². The van der Waals surface area contributed by atoms with Crippen molar-refractivity contribution in [2.75, 3.05) is 0 Å². The van der Waals surface area contributed by atoms with E-state index < -0.39 is 10.1 Å². The van der Waals surface area contributed by atoms with Crippen LogP contribution >= 0.6 is 0 Å². The molecule has 0 radical (unpaired) electrons. The van der Waals surface area contributed by atoms with Gasteiger partial charge < -0.3 is 5.73 Å². The van der Waals surface area contributed by atoms with Gasteiger partial charge in [-0.1, -0.05) is 23.8 Å². The molecule has 2 rings (SSSR count). The second-order valence-electron chi connectivity index (χ2n) is 4.38. The van der Waals surface area contributed by atoms with Gasteiger partial charge in [-0.3, -0.25) is 14.7 Å². The zero-order chi connectivity index (χ0) is 18.0. The minimum atomic E-state index is -4.02. The maximum absolute atomic E-state index is 10.5. The van der Waals surface area contributed by atoms with Gasteiger partial charge in [-0.2, -0.15) is 13.5 Å². The van der Waals surface area contributed by atoms with Crippen LogP contribution in [0.25, 0.3) is 0 Å². The molecule has 0 fully saturated rings. The number of rotatable bonds is 3. The van der Waals surface area contributed by atoms with Crippen LogP contribution in [0, 0.1) is 6.92 Å². The van der Waals surface area contributed by atoms with Gasteiger partial charge in [-0.15, -0.1) is 5.10 Å². The summed E-state index contributed by atoms with van der Waals surface area (Å²) in [5.74, 6) is -0.174. The molecule has 5 N–H and O–H groups in total. The van der Waals surface area contributed by atoms with Gasteiger partial charge in [0.15, 0.2) is 0 Å². The lowest BCUT2D eigenvalue weighted by Crippen LogP contribution is -2.27. The number of nitrogens with zero attached hydrogens (tertiary/aromatic N) is 3. The first kappa shape index (κ1) is 19.2. The first-order valence-corrected chi connectivity index (χ1v) is 7.98. The van der Waals surface area contributed by atoms with Crippen LogP contribution in [-0.4, -0.2) is 35.3 Å². The molecule has 1 aromatic heterocycles. The van der Waals surface area contributed by atoms with Gasteiger partial charge >= 0.3 is 0 Å². The Labute approximate surface area is 139 Å². The number of aromatic nitrogens is 1. The second kappa shape index (κ2) is 9.35. The molecule has 2 aromatic rings. The van der Waals surface area contributed by atoms with Crippen LogP contribution in [0.5, 0.6) is 0 Å². The summed E-state index contributed by atoms with van der Waals surface area (Å²) in [5.41, 5.74) is 8.36. The zero-order valence-electron chi connectivity index (χ0n) is 12.7. The highest BCUT2D eigenvalue weighted by Crippen LogP contribution is 2.08. The number of hydrogen-bond donors (Lipinski definition) is 4. The third kappa shape index (κ3) is 7.45. The first-order chi connectivity index (χ1) is 11.3. The average molecular weight is 351 g/mol.